The molecule has 1 rings (SSSR count). The number of carbonyl (C=O) groups excluding carboxylic acids is 2. The average Bonchev–Trinajstić information content (AvgIpc) is 2.28. The zero-order chi connectivity index (χ0) is 12.1. The molecule has 0 aliphatic rings. The van der Waals surface area contributed by atoms with Crippen LogP contribution in [0.1, 0.15) is 23.7 Å². The molecule has 0 radical (unpaired) electrons. The fraction of sp³-hybridized carbons (Fsp3) is 0.385. The minimum absolute atomic E-state index is 0.0169. The summed E-state index contributed by atoms with van der Waals surface area (Å²) in [6.07, 6.45) is 0.265. The summed E-state index contributed by atoms with van der Waals surface area (Å²) in [6, 6.07) is 9.08. The van der Waals surface area contributed by atoms with Gasteiger partial charge < -0.3 is 4.90 Å². The van der Waals surface area contributed by atoms with Gasteiger partial charge in [-0.1, -0.05) is 37.3 Å². The maximum Gasteiger partial charge on any atom is 0.222 e. The number of hydrogen-bond donors (Lipinski definition) is 0. The first-order chi connectivity index (χ1) is 7.52. The first kappa shape index (κ1) is 12.4. The van der Waals surface area contributed by atoms with Gasteiger partial charge >= 0.3 is 0 Å². The van der Waals surface area contributed by atoms with Crippen molar-refractivity contribution in [1.29, 1.82) is 0 Å². The van der Waals surface area contributed by atoms with Crippen LogP contribution in [-0.4, -0.2) is 30.7 Å². The summed E-state index contributed by atoms with van der Waals surface area (Å²) in [5.41, 5.74) is 0.668. The Morgan fingerprint density at radius 3 is 2.25 bits per heavy atom. The van der Waals surface area contributed by atoms with Crippen LogP contribution in [-0.2, 0) is 4.79 Å². The fourth-order valence-electron chi connectivity index (χ4n) is 1.42. The monoisotopic (exact) mass is 219 g/mol. The second-order valence-electron chi connectivity index (χ2n) is 4.12. The zero-order valence-electron chi connectivity index (χ0n) is 9.93. The minimum Gasteiger partial charge on any atom is -0.349 e. The van der Waals surface area contributed by atoms with Gasteiger partial charge in [0.2, 0.25) is 5.91 Å². The molecule has 1 amide bonds. The summed E-state index contributed by atoms with van der Waals surface area (Å²) in [7, 11) is 3.39. The van der Waals surface area contributed by atoms with Gasteiger partial charge in [-0.2, -0.15) is 0 Å². The highest BCUT2D eigenvalue weighted by Gasteiger charge is 2.18. The van der Waals surface area contributed by atoms with E-state index in [9.17, 15) is 9.59 Å². The summed E-state index contributed by atoms with van der Waals surface area (Å²) >= 11 is 0. The van der Waals surface area contributed by atoms with Crippen molar-refractivity contribution in [1.82, 2.24) is 4.90 Å². The van der Waals surface area contributed by atoms with Crippen molar-refractivity contribution in [3.63, 3.8) is 0 Å². The lowest BCUT2D eigenvalue weighted by Crippen LogP contribution is -2.26. The molecule has 3 heteroatoms. The molecule has 0 bridgehead atoms. The quantitative estimate of drug-likeness (QED) is 0.726. The summed E-state index contributed by atoms with van der Waals surface area (Å²) < 4.78 is 0. The van der Waals surface area contributed by atoms with E-state index in [1.54, 1.807) is 33.2 Å². The number of hydrogen-bond acceptors (Lipinski definition) is 2. The van der Waals surface area contributed by atoms with Crippen LogP contribution >= 0.6 is 0 Å². The number of Topliss-reactive ketones (excluding diaryl/α,β-unsaturated/α-hetero) is 1. The Balaban J connectivity index is 2.65. The first-order valence-corrected chi connectivity index (χ1v) is 5.31. The van der Waals surface area contributed by atoms with Crippen molar-refractivity contribution < 1.29 is 9.59 Å². The Morgan fingerprint density at radius 2 is 1.75 bits per heavy atom. The molecular formula is C13H17NO2. The predicted octanol–water partition coefficient (Wildman–Crippen LogP) is 1.98. The third kappa shape index (κ3) is 3.19. The Labute approximate surface area is 96.1 Å². The van der Waals surface area contributed by atoms with E-state index in [4.69, 9.17) is 0 Å². The Bertz CT molecular complexity index is 371. The molecule has 1 aromatic rings. The smallest absolute Gasteiger partial charge is 0.222 e. The van der Waals surface area contributed by atoms with Crippen LogP contribution in [0.4, 0.5) is 0 Å². The van der Waals surface area contributed by atoms with Crippen LogP contribution in [0.3, 0.4) is 0 Å². The van der Waals surface area contributed by atoms with E-state index in [0.717, 1.165) is 0 Å². The van der Waals surface area contributed by atoms with E-state index < -0.39 is 0 Å². The fourth-order valence-corrected chi connectivity index (χ4v) is 1.42. The largest absolute Gasteiger partial charge is 0.349 e. The molecule has 0 aromatic heterocycles. The van der Waals surface area contributed by atoms with E-state index in [-0.39, 0.29) is 24.0 Å². The second kappa shape index (κ2) is 5.45. The van der Waals surface area contributed by atoms with Gasteiger partial charge in [0.05, 0.1) is 0 Å². The molecule has 0 fully saturated rings. The number of amides is 1. The van der Waals surface area contributed by atoms with Gasteiger partial charge in [0.25, 0.3) is 0 Å². The topological polar surface area (TPSA) is 37.4 Å². The molecule has 0 aliphatic heterocycles. The molecule has 0 spiro atoms. The lowest BCUT2D eigenvalue weighted by Gasteiger charge is -2.14. The number of benzene rings is 1. The Hall–Kier alpha value is -1.64. The highest BCUT2D eigenvalue weighted by molar-refractivity contribution is 5.99. The summed E-state index contributed by atoms with van der Waals surface area (Å²) in [6.45, 7) is 1.79. The van der Waals surface area contributed by atoms with Crippen molar-refractivity contribution in [2.45, 2.75) is 13.3 Å². The molecule has 3 nitrogen and oxygen atoms in total. The van der Waals surface area contributed by atoms with Crippen LogP contribution in [0.5, 0.6) is 0 Å². The molecule has 0 saturated heterocycles. The van der Waals surface area contributed by atoms with Gasteiger partial charge in [0, 0.05) is 32.0 Å². The van der Waals surface area contributed by atoms with Gasteiger partial charge in [0.15, 0.2) is 5.78 Å². The lowest BCUT2D eigenvalue weighted by molar-refractivity contribution is -0.129. The molecule has 16 heavy (non-hydrogen) atoms. The van der Waals surface area contributed by atoms with Gasteiger partial charge in [-0.3, -0.25) is 9.59 Å². The van der Waals surface area contributed by atoms with Crippen LogP contribution in [0.15, 0.2) is 30.3 Å². The van der Waals surface area contributed by atoms with E-state index >= 15 is 0 Å². The standard InChI is InChI=1S/C13H17NO2/c1-10(9-12(15)14(2)3)13(16)11-7-5-4-6-8-11/h4-8,10H,9H2,1-3H3. The molecule has 1 atom stereocenters. The van der Waals surface area contributed by atoms with E-state index in [1.807, 2.05) is 18.2 Å². The third-order valence-electron chi connectivity index (χ3n) is 2.49. The van der Waals surface area contributed by atoms with Crippen molar-refractivity contribution in [3.05, 3.63) is 35.9 Å². The highest BCUT2D eigenvalue weighted by atomic mass is 16.2. The number of nitrogens with zero attached hydrogens (tertiary/aromatic N) is 1. The van der Waals surface area contributed by atoms with Crippen LogP contribution in [0.25, 0.3) is 0 Å². The van der Waals surface area contributed by atoms with Gasteiger partial charge in [0.1, 0.15) is 0 Å². The van der Waals surface area contributed by atoms with Crippen LogP contribution in [0, 0.1) is 5.92 Å². The molecular weight excluding hydrogens is 202 g/mol. The number of rotatable bonds is 4. The SMILES string of the molecule is CC(CC(=O)N(C)C)C(=O)c1ccccc1. The number of carbonyl (C=O) groups is 2. The molecule has 0 saturated carbocycles. The van der Waals surface area contributed by atoms with Crippen LogP contribution in [0.2, 0.25) is 0 Å². The molecule has 0 heterocycles. The highest BCUT2D eigenvalue weighted by Crippen LogP contribution is 2.12. The normalized spacial score (nSPS) is 11.9. The van der Waals surface area contributed by atoms with E-state index in [0.29, 0.717) is 5.56 Å². The maximum atomic E-state index is 11.9. The number of ketones is 1. The van der Waals surface area contributed by atoms with Crippen LogP contribution < -0.4 is 0 Å². The lowest BCUT2D eigenvalue weighted by atomic mass is 9.96. The first-order valence-electron chi connectivity index (χ1n) is 5.31. The third-order valence-corrected chi connectivity index (χ3v) is 2.49. The van der Waals surface area contributed by atoms with Crippen molar-refractivity contribution in [2.75, 3.05) is 14.1 Å². The van der Waals surface area contributed by atoms with Gasteiger partial charge in [-0.15, -0.1) is 0 Å². The van der Waals surface area contributed by atoms with E-state index in [1.165, 1.54) is 4.90 Å². The van der Waals surface area contributed by atoms with Crippen molar-refractivity contribution in [2.24, 2.45) is 5.92 Å². The molecule has 86 valence electrons. The summed E-state index contributed by atoms with van der Waals surface area (Å²) in [5.74, 6) is -0.259. The van der Waals surface area contributed by atoms with Gasteiger partial charge in [-0.25, -0.2) is 0 Å². The average molecular weight is 219 g/mol. The summed E-state index contributed by atoms with van der Waals surface area (Å²) in [5, 5.41) is 0. The molecule has 1 unspecified atom stereocenters. The van der Waals surface area contributed by atoms with Crippen molar-refractivity contribution in [3.8, 4) is 0 Å². The maximum absolute atomic E-state index is 11.9. The molecule has 0 aliphatic carbocycles. The predicted molar refractivity (Wildman–Crippen MR) is 63.2 cm³/mol. The second-order valence-corrected chi connectivity index (χ2v) is 4.12. The Morgan fingerprint density at radius 1 is 1.19 bits per heavy atom. The summed E-state index contributed by atoms with van der Waals surface area (Å²) in [4.78, 5) is 24.9. The zero-order valence-corrected chi connectivity index (χ0v) is 9.93. The van der Waals surface area contributed by atoms with E-state index in [2.05, 4.69) is 0 Å². The minimum atomic E-state index is -0.266. The molecule has 1 aromatic carbocycles. The molecule has 0 N–H and O–H groups in total. The van der Waals surface area contributed by atoms with Gasteiger partial charge in [-0.05, 0) is 0 Å². The van der Waals surface area contributed by atoms with Crippen molar-refractivity contribution >= 4 is 11.7 Å². The Kier molecular flexibility index (Phi) is 4.23.